The third-order valence-electron chi connectivity index (χ3n) is 1.31. The van der Waals surface area contributed by atoms with Crippen molar-refractivity contribution in [3.05, 3.63) is 0 Å². The molecular formula is C9H17NO3. The lowest BCUT2D eigenvalue weighted by atomic mass is 10.3. The first kappa shape index (κ1) is 8.53. The zero-order valence-electron chi connectivity index (χ0n) is 10.4. The molecule has 0 aliphatic heterocycles. The van der Waals surface area contributed by atoms with Crippen molar-refractivity contribution in [3.63, 3.8) is 0 Å². The topological polar surface area (TPSA) is 55.4 Å². The average molecular weight is 192 g/mol. The first-order valence-electron chi connectivity index (χ1n) is 5.05. The number of carbonyl (C=O) groups is 2. The van der Waals surface area contributed by atoms with Crippen molar-refractivity contribution in [1.82, 2.24) is 5.32 Å². The molecule has 0 saturated heterocycles. The molecule has 3 atom stereocenters. The fourth-order valence-electron chi connectivity index (χ4n) is 0.848. The number of rotatable bonds is 4. The van der Waals surface area contributed by atoms with E-state index in [0.29, 0.717) is 0 Å². The standard InChI is InChI=1S/C9H17NO3/c1-6(2)5-8(9(12)13-4)10-7(3)11/h6,8H,5H2,1-4H3,(H,10,11)/t8-/m0/s1/i1+1,5+1D,6D,10+1/t5-,6?,8-. The monoisotopic (exact) mass is 192 g/mol. The van der Waals surface area contributed by atoms with Crippen molar-refractivity contribution in [2.45, 2.75) is 33.2 Å². The van der Waals surface area contributed by atoms with Crippen LogP contribution in [0, 0.1) is 5.89 Å². The number of carbonyl (C=O) groups excluding carboxylic acids is 2. The van der Waals surface area contributed by atoms with Gasteiger partial charge in [-0.05, 0) is 12.3 Å². The molecule has 1 N–H and O–H groups in total. The lowest BCUT2D eigenvalue weighted by Crippen LogP contribution is -2.41. The Hall–Kier alpha value is -1.06. The number of methoxy groups -OCH3 is 1. The second kappa shape index (κ2) is 5.56. The fourth-order valence-corrected chi connectivity index (χ4v) is 0.848. The molecule has 0 rings (SSSR count). The van der Waals surface area contributed by atoms with E-state index in [4.69, 9.17) is 2.74 Å². The molecule has 0 heterocycles. The van der Waals surface area contributed by atoms with Crippen molar-refractivity contribution < 1.29 is 17.1 Å². The molecule has 0 saturated carbocycles. The Kier molecular flexibility index (Phi) is 3.65. The van der Waals surface area contributed by atoms with Crippen molar-refractivity contribution >= 4 is 11.9 Å². The molecule has 0 aromatic carbocycles. The Morgan fingerprint density at radius 1 is 1.62 bits per heavy atom. The van der Waals surface area contributed by atoms with E-state index in [1.54, 1.807) is 0 Å². The highest BCUT2D eigenvalue weighted by Gasteiger charge is 2.20. The van der Waals surface area contributed by atoms with Crippen molar-refractivity contribution in [3.8, 4) is 0 Å². The highest BCUT2D eigenvalue weighted by molar-refractivity contribution is 5.83. The summed E-state index contributed by atoms with van der Waals surface area (Å²) in [7, 11) is 1.18. The molecule has 0 bridgehead atoms. The van der Waals surface area contributed by atoms with Gasteiger partial charge in [0.25, 0.3) is 0 Å². The van der Waals surface area contributed by atoms with Gasteiger partial charge in [-0.3, -0.25) is 4.79 Å². The predicted octanol–water partition coefficient (Wildman–Crippen LogP) is 0.710. The van der Waals surface area contributed by atoms with Gasteiger partial charge < -0.3 is 10.1 Å². The van der Waals surface area contributed by atoms with Gasteiger partial charge in [-0.25, -0.2) is 4.79 Å². The summed E-state index contributed by atoms with van der Waals surface area (Å²) in [4.78, 5) is 22.1. The van der Waals surface area contributed by atoms with Gasteiger partial charge in [0, 0.05) is 9.67 Å². The average Bonchev–Trinajstić information content (AvgIpc) is 2.10. The highest BCUT2D eigenvalue weighted by atomic mass is 16.5. The van der Waals surface area contributed by atoms with E-state index in [2.05, 4.69) is 10.1 Å². The first-order chi connectivity index (χ1) is 6.70. The van der Waals surface area contributed by atoms with Gasteiger partial charge in [0.05, 0.1) is 7.11 Å². The third kappa shape index (κ3) is 5.22. The van der Waals surface area contributed by atoms with Crippen LogP contribution in [-0.4, -0.2) is 25.0 Å². The summed E-state index contributed by atoms with van der Waals surface area (Å²) >= 11 is 0. The summed E-state index contributed by atoms with van der Waals surface area (Å²) in [5.74, 6) is -2.28. The lowest BCUT2D eigenvalue weighted by Gasteiger charge is -2.16. The van der Waals surface area contributed by atoms with Gasteiger partial charge in [-0.15, -0.1) is 0 Å². The molecule has 0 aromatic rings. The van der Waals surface area contributed by atoms with Gasteiger partial charge in [-0.2, -0.15) is 0 Å². The van der Waals surface area contributed by atoms with Crippen LogP contribution in [-0.2, 0) is 14.3 Å². The largest absolute Gasteiger partial charge is 0.467 e. The number of hydrogen-bond acceptors (Lipinski definition) is 3. The molecule has 0 spiro atoms. The minimum Gasteiger partial charge on any atom is -0.467 e. The van der Waals surface area contributed by atoms with Gasteiger partial charge >= 0.3 is 5.97 Å². The van der Waals surface area contributed by atoms with Crippen LogP contribution in [0.15, 0.2) is 0 Å². The van der Waals surface area contributed by atoms with E-state index in [0.717, 1.165) is 0 Å². The summed E-state index contributed by atoms with van der Waals surface area (Å²) in [5.41, 5.74) is 0. The van der Waals surface area contributed by atoms with Gasteiger partial charge in [0.15, 0.2) is 0 Å². The van der Waals surface area contributed by atoms with Gasteiger partial charge in [-0.1, -0.05) is 13.8 Å². The summed E-state index contributed by atoms with van der Waals surface area (Å²) < 4.78 is 19.8. The number of ether oxygens (including phenoxy) is 1. The van der Waals surface area contributed by atoms with E-state index in [1.165, 1.54) is 27.9 Å². The van der Waals surface area contributed by atoms with E-state index in [9.17, 15) is 9.59 Å². The van der Waals surface area contributed by atoms with Gasteiger partial charge in [0.2, 0.25) is 5.91 Å². The fraction of sp³-hybridized carbons (Fsp3) is 0.778. The second-order valence-corrected chi connectivity index (χ2v) is 2.95. The number of amides is 1. The van der Waals surface area contributed by atoms with Crippen LogP contribution < -0.4 is 5.32 Å². The molecular weight excluding hydrogens is 173 g/mol. The molecule has 0 aromatic heterocycles. The van der Waals surface area contributed by atoms with Crippen molar-refractivity contribution in [1.29, 1.82) is 0 Å². The molecule has 4 heteroatoms. The number of esters is 1. The van der Waals surface area contributed by atoms with Crippen LogP contribution >= 0.6 is 0 Å². The first-order valence-corrected chi connectivity index (χ1v) is 3.97. The van der Waals surface area contributed by atoms with Crippen molar-refractivity contribution in [2.75, 3.05) is 7.11 Å². The van der Waals surface area contributed by atoms with Crippen LogP contribution in [0.2, 0.25) is 0 Å². The molecule has 13 heavy (non-hydrogen) atoms. The van der Waals surface area contributed by atoms with Crippen LogP contribution in [0.25, 0.3) is 0 Å². The maximum absolute atomic E-state index is 11.3. The Labute approximate surface area is 81.5 Å². The zero-order chi connectivity index (χ0) is 12.2. The smallest absolute Gasteiger partial charge is 0.328 e. The van der Waals surface area contributed by atoms with E-state index >= 15 is 0 Å². The van der Waals surface area contributed by atoms with Crippen molar-refractivity contribution in [2.24, 2.45) is 5.89 Å². The molecule has 76 valence electrons. The summed E-state index contributed by atoms with van der Waals surface area (Å²) in [6.45, 7) is 4.25. The maximum atomic E-state index is 11.3. The molecule has 0 aliphatic carbocycles. The quantitative estimate of drug-likeness (QED) is 0.405. The SMILES string of the molecule is [2H][13C@H]([C@H]([15NH]C(C)=O)C(=O)OC)C([2H])(C)[13CH3]. The second-order valence-electron chi connectivity index (χ2n) is 2.95. The molecule has 1 amide bonds. The Morgan fingerprint density at radius 2 is 2.15 bits per heavy atom. The molecule has 0 radical (unpaired) electrons. The zero-order valence-corrected chi connectivity index (χ0v) is 8.38. The van der Waals surface area contributed by atoms with Crippen LogP contribution in [0.3, 0.4) is 0 Å². The van der Waals surface area contributed by atoms with Crippen LogP contribution in [0.4, 0.5) is 0 Å². The Balaban J connectivity index is 4.78. The van der Waals surface area contributed by atoms with Crippen LogP contribution in [0.1, 0.15) is 29.9 Å². The predicted molar refractivity (Wildman–Crippen MR) is 49.1 cm³/mol. The third-order valence-corrected chi connectivity index (χ3v) is 1.31. The van der Waals surface area contributed by atoms with E-state index < -0.39 is 30.2 Å². The molecule has 0 fully saturated rings. The summed E-state index contributed by atoms with van der Waals surface area (Å²) in [5, 5.41) is 2.32. The summed E-state index contributed by atoms with van der Waals surface area (Å²) in [6, 6.07) is -1.10. The number of hydrogen-bond donors (Lipinski definition) is 1. The van der Waals surface area contributed by atoms with E-state index in [1.807, 2.05) is 0 Å². The lowest BCUT2D eigenvalue weighted by molar-refractivity contribution is -0.145. The minimum atomic E-state index is -1.15. The number of nitrogens with one attached hydrogen (secondary N) is 1. The molecule has 0 aliphatic rings. The Morgan fingerprint density at radius 3 is 2.46 bits per heavy atom. The summed E-state index contributed by atoms with van der Waals surface area (Å²) in [6.07, 6.45) is -1.08. The van der Waals surface area contributed by atoms with E-state index in [-0.39, 0.29) is 0 Å². The molecule has 1 unspecified atom stereocenters. The highest BCUT2D eigenvalue weighted by Crippen LogP contribution is 2.05. The normalized spacial score (nSPS) is 21.5. The molecule has 4 nitrogen and oxygen atoms in total. The Bertz CT molecular complexity index is 250. The van der Waals surface area contributed by atoms with Crippen LogP contribution in [0.5, 0.6) is 0 Å². The van der Waals surface area contributed by atoms with Gasteiger partial charge in [0.1, 0.15) is 6.04 Å². The maximum Gasteiger partial charge on any atom is 0.328 e. The minimum absolute atomic E-state index is 0.424.